The van der Waals surface area contributed by atoms with Crippen molar-refractivity contribution in [1.29, 1.82) is 5.26 Å². The molecule has 8 nitrogen and oxygen atoms in total. The van der Waals surface area contributed by atoms with Gasteiger partial charge in [-0.1, -0.05) is 25.1 Å². The molecule has 0 radical (unpaired) electrons. The lowest BCUT2D eigenvalue weighted by Gasteiger charge is -2.45. The van der Waals surface area contributed by atoms with Gasteiger partial charge in [0.05, 0.1) is 24.2 Å². The van der Waals surface area contributed by atoms with Crippen LogP contribution in [0.25, 0.3) is 0 Å². The number of fused-ring (bicyclic) bond motifs is 3. The second-order valence-electron chi connectivity index (χ2n) is 13.3. The predicted octanol–water partition coefficient (Wildman–Crippen LogP) is 4.35. The van der Waals surface area contributed by atoms with Gasteiger partial charge in [-0.2, -0.15) is 5.26 Å². The number of hydrogen-bond donors (Lipinski definition) is 1. The van der Waals surface area contributed by atoms with Gasteiger partial charge in [0.1, 0.15) is 17.5 Å². The molecule has 2 aliphatic carbocycles. The fraction of sp³-hybridized carbons (Fsp3) is 0.645. The second-order valence-corrected chi connectivity index (χ2v) is 13.3. The van der Waals surface area contributed by atoms with E-state index in [1.807, 2.05) is 32.9 Å². The zero-order chi connectivity index (χ0) is 28.3. The number of amides is 2. The van der Waals surface area contributed by atoms with Crippen molar-refractivity contribution in [2.24, 2.45) is 11.8 Å². The monoisotopic (exact) mass is 549 g/mol. The summed E-state index contributed by atoms with van der Waals surface area (Å²) in [5.41, 5.74) is 1.07. The number of piperidine rings is 1. The van der Waals surface area contributed by atoms with E-state index in [-0.39, 0.29) is 35.9 Å². The van der Waals surface area contributed by atoms with Gasteiger partial charge in [-0.05, 0) is 82.4 Å². The summed E-state index contributed by atoms with van der Waals surface area (Å²) in [5, 5.41) is 12.8. The van der Waals surface area contributed by atoms with Crippen molar-refractivity contribution in [2.45, 2.75) is 101 Å². The maximum atomic E-state index is 13.9. The van der Waals surface area contributed by atoms with Crippen LogP contribution < -0.4 is 5.32 Å². The number of likely N-dealkylation sites (tertiary alicyclic amines) is 3. The quantitative estimate of drug-likeness (QED) is 0.519. The zero-order valence-corrected chi connectivity index (χ0v) is 23.7. The van der Waals surface area contributed by atoms with Crippen molar-refractivity contribution in [1.82, 2.24) is 20.0 Å². The molecule has 5 aliphatic rings. The van der Waals surface area contributed by atoms with Gasteiger partial charge >= 0.3 is 6.09 Å². The summed E-state index contributed by atoms with van der Waals surface area (Å²) in [6, 6.07) is 8.37. The first-order valence-electron chi connectivity index (χ1n) is 14.7. The Labute approximate surface area is 236 Å². The topological polar surface area (TPSA) is 88.9 Å². The van der Waals surface area contributed by atoms with Crippen LogP contribution in [0.2, 0.25) is 0 Å². The molecule has 6 rings (SSSR count). The number of nitriles is 1. The summed E-state index contributed by atoms with van der Waals surface area (Å²) < 4.78 is 19.3. The van der Waals surface area contributed by atoms with Crippen LogP contribution in [0.1, 0.15) is 70.9 Å². The van der Waals surface area contributed by atoms with E-state index in [1.165, 1.54) is 12.1 Å². The van der Waals surface area contributed by atoms with Gasteiger partial charge < -0.3 is 19.9 Å². The van der Waals surface area contributed by atoms with Crippen LogP contribution in [0.4, 0.5) is 9.18 Å². The fourth-order valence-electron chi connectivity index (χ4n) is 7.41. The van der Waals surface area contributed by atoms with Crippen molar-refractivity contribution in [3.63, 3.8) is 0 Å². The normalized spacial score (nSPS) is 30.9. The number of carbonyl (C=O) groups is 2. The third-order valence-electron chi connectivity index (χ3n) is 9.52. The first-order valence-corrected chi connectivity index (χ1v) is 14.7. The molecule has 1 aromatic carbocycles. The van der Waals surface area contributed by atoms with E-state index < -0.39 is 17.7 Å². The Morgan fingerprint density at radius 1 is 1.23 bits per heavy atom. The van der Waals surface area contributed by atoms with E-state index in [9.17, 15) is 19.2 Å². The average Bonchev–Trinajstić information content (AvgIpc) is 3.18. The Morgan fingerprint density at radius 2 is 1.95 bits per heavy atom. The fourth-order valence-corrected chi connectivity index (χ4v) is 7.41. The highest BCUT2D eigenvalue weighted by Gasteiger charge is 2.56. The molecule has 0 aromatic heterocycles. The Morgan fingerprint density at radius 3 is 2.55 bits per heavy atom. The van der Waals surface area contributed by atoms with Crippen molar-refractivity contribution in [3.05, 3.63) is 47.9 Å². The zero-order valence-electron chi connectivity index (χ0n) is 23.7. The molecule has 9 heteroatoms. The molecular formula is C31H40FN5O3. The second kappa shape index (κ2) is 10.1. The first-order chi connectivity index (χ1) is 19.0. The molecule has 2 bridgehead atoms. The molecule has 3 aliphatic heterocycles. The van der Waals surface area contributed by atoms with Crippen LogP contribution in [0.5, 0.6) is 0 Å². The smallest absolute Gasteiger partial charge is 0.408 e. The Hall–Kier alpha value is -3.12. The molecule has 5 unspecified atom stereocenters. The van der Waals surface area contributed by atoms with Crippen molar-refractivity contribution in [2.75, 3.05) is 13.1 Å². The van der Waals surface area contributed by atoms with Crippen molar-refractivity contribution < 1.29 is 18.7 Å². The van der Waals surface area contributed by atoms with Gasteiger partial charge in [0, 0.05) is 30.9 Å². The molecule has 2 saturated carbocycles. The molecule has 3 heterocycles. The van der Waals surface area contributed by atoms with E-state index in [4.69, 9.17) is 4.74 Å². The molecule has 3 saturated heterocycles. The number of halogens is 1. The first kappa shape index (κ1) is 27.1. The summed E-state index contributed by atoms with van der Waals surface area (Å²) in [5.74, 6) is 0.747. The minimum absolute atomic E-state index is 0.0302. The highest BCUT2D eigenvalue weighted by Crippen LogP contribution is 2.50. The summed E-state index contributed by atoms with van der Waals surface area (Å²) in [4.78, 5) is 33.1. The number of ether oxygens (including phenoxy) is 1. The lowest BCUT2D eigenvalue weighted by molar-refractivity contribution is -0.141. The third-order valence-corrected chi connectivity index (χ3v) is 9.52. The molecule has 0 spiro atoms. The Kier molecular flexibility index (Phi) is 6.81. The summed E-state index contributed by atoms with van der Waals surface area (Å²) in [6.45, 7) is 11.0. The average molecular weight is 550 g/mol. The van der Waals surface area contributed by atoms with Gasteiger partial charge in [-0.3, -0.25) is 9.69 Å². The van der Waals surface area contributed by atoms with E-state index >= 15 is 0 Å². The molecule has 40 heavy (non-hydrogen) atoms. The SMILES string of the molecule is C=C(C(CN1C[C@@H]2CC1C(=O)N2C(c1ccc(F)cc1)C1CCC1)NC(=O)OC(C)(C)C)N1C(C#N)C[C@@H]2CC21. The van der Waals surface area contributed by atoms with Gasteiger partial charge in [-0.25, -0.2) is 9.18 Å². The van der Waals surface area contributed by atoms with E-state index in [1.54, 1.807) is 0 Å². The minimum atomic E-state index is -0.652. The van der Waals surface area contributed by atoms with Crippen LogP contribution >= 0.6 is 0 Å². The van der Waals surface area contributed by atoms with Crippen molar-refractivity contribution >= 4 is 12.0 Å². The maximum absolute atomic E-state index is 13.9. The highest BCUT2D eigenvalue weighted by atomic mass is 19.1. The number of alkyl carbamates (subject to hydrolysis) is 1. The van der Waals surface area contributed by atoms with Gasteiger partial charge in [0.2, 0.25) is 5.91 Å². The van der Waals surface area contributed by atoms with Crippen LogP contribution in [-0.2, 0) is 9.53 Å². The number of benzene rings is 1. The Balaban J connectivity index is 1.20. The van der Waals surface area contributed by atoms with E-state index in [0.29, 0.717) is 36.7 Å². The standard InChI is InChI=1S/C31H40FN5O3/c1-18(36-23(15-33)12-21-13-26(21)36)25(34-30(39)40-31(2,3)4)17-35-16-24-14-27(35)29(38)37(24)28(19-6-5-7-19)20-8-10-22(32)11-9-20/h8-11,19,21,23-28H,1,5-7,12-14,16-17H2,2-4H3,(H,34,39)/t21-,23?,24+,25?,26?,27?,28?/m1/s1. The lowest BCUT2D eigenvalue weighted by Crippen LogP contribution is -2.57. The van der Waals surface area contributed by atoms with E-state index in [0.717, 1.165) is 44.1 Å². The predicted molar refractivity (Wildman–Crippen MR) is 147 cm³/mol. The molecule has 214 valence electrons. The summed E-state index contributed by atoms with van der Waals surface area (Å²) in [7, 11) is 0. The summed E-state index contributed by atoms with van der Waals surface area (Å²) in [6.07, 6.45) is 5.39. The molecule has 1 N–H and O–H groups in total. The number of rotatable bonds is 8. The largest absolute Gasteiger partial charge is 0.444 e. The van der Waals surface area contributed by atoms with Crippen LogP contribution in [0.15, 0.2) is 36.5 Å². The van der Waals surface area contributed by atoms with E-state index in [2.05, 4.69) is 32.7 Å². The number of hydrogen-bond acceptors (Lipinski definition) is 6. The molecule has 7 atom stereocenters. The molecule has 1 aromatic rings. The number of carbonyl (C=O) groups excluding carboxylic acids is 2. The summed E-state index contributed by atoms with van der Waals surface area (Å²) >= 11 is 0. The third kappa shape index (κ3) is 4.96. The number of nitrogens with one attached hydrogen (secondary N) is 1. The van der Waals surface area contributed by atoms with Gasteiger partial charge in [0.25, 0.3) is 0 Å². The maximum Gasteiger partial charge on any atom is 0.408 e. The number of piperazine rings is 1. The van der Waals surface area contributed by atoms with Crippen LogP contribution in [-0.4, -0.2) is 75.6 Å². The van der Waals surface area contributed by atoms with Crippen LogP contribution in [0.3, 0.4) is 0 Å². The molecular weight excluding hydrogens is 509 g/mol. The Bertz CT molecular complexity index is 1220. The lowest BCUT2D eigenvalue weighted by atomic mass is 9.76. The minimum Gasteiger partial charge on any atom is -0.444 e. The van der Waals surface area contributed by atoms with Gasteiger partial charge in [-0.15, -0.1) is 0 Å². The molecule has 5 fully saturated rings. The van der Waals surface area contributed by atoms with Crippen LogP contribution in [0, 0.1) is 29.0 Å². The molecule has 2 amide bonds. The highest BCUT2D eigenvalue weighted by molar-refractivity contribution is 5.86. The van der Waals surface area contributed by atoms with Crippen molar-refractivity contribution in [3.8, 4) is 6.07 Å². The van der Waals surface area contributed by atoms with Gasteiger partial charge in [0.15, 0.2) is 0 Å². The number of nitrogens with zero attached hydrogens (tertiary/aromatic N) is 4.